The molecule has 0 radical (unpaired) electrons. The minimum absolute atomic E-state index is 0.542. The second-order valence-corrected chi connectivity index (χ2v) is 5.54. The second kappa shape index (κ2) is 12.5. The Bertz CT molecular complexity index is 773. The van der Waals surface area contributed by atoms with E-state index in [1.807, 2.05) is 0 Å². The van der Waals surface area contributed by atoms with Crippen molar-refractivity contribution in [1.29, 1.82) is 0 Å². The zero-order valence-electron chi connectivity index (χ0n) is 17.0. The molecule has 1 aromatic carbocycles. The fourth-order valence-corrected chi connectivity index (χ4v) is 2.15. The van der Waals surface area contributed by atoms with Gasteiger partial charge in [0, 0.05) is 24.3 Å². The summed E-state index contributed by atoms with van der Waals surface area (Å²) >= 11 is 0. The summed E-state index contributed by atoms with van der Waals surface area (Å²) in [5.74, 6) is -2.28. The molecule has 0 atom stereocenters. The van der Waals surface area contributed by atoms with Crippen LogP contribution in [0.5, 0.6) is 0 Å². The number of hydrogen-bond acceptors (Lipinski definition) is 8. The van der Waals surface area contributed by atoms with Crippen molar-refractivity contribution in [2.24, 2.45) is 0 Å². The highest BCUT2D eigenvalue weighted by atomic mass is 16.5. The van der Waals surface area contributed by atoms with Crippen LogP contribution in [-0.2, 0) is 38.1 Å². The SMILES string of the molecule is COC(=O)/C=C/c1cc(/C=C/C(=O)OC)c(/C=C/C(=O)OC)cc1/C=C/C(=O)OC. The van der Waals surface area contributed by atoms with Crippen molar-refractivity contribution in [1.82, 2.24) is 0 Å². The zero-order valence-corrected chi connectivity index (χ0v) is 17.0. The zero-order chi connectivity index (χ0) is 22.5. The average molecular weight is 414 g/mol. The molecule has 0 unspecified atom stereocenters. The number of methoxy groups -OCH3 is 4. The van der Waals surface area contributed by atoms with Gasteiger partial charge in [0.15, 0.2) is 0 Å². The van der Waals surface area contributed by atoms with E-state index in [-0.39, 0.29) is 0 Å². The number of ether oxygens (including phenoxy) is 4. The number of carbonyl (C=O) groups is 4. The first-order valence-electron chi connectivity index (χ1n) is 8.56. The minimum atomic E-state index is -0.570. The molecular formula is C22H22O8. The Morgan fingerprint density at radius 2 is 0.700 bits per heavy atom. The molecule has 0 heterocycles. The van der Waals surface area contributed by atoms with Gasteiger partial charge >= 0.3 is 23.9 Å². The molecule has 0 bridgehead atoms. The molecule has 8 heteroatoms. The smallest absolute Gasteiger partial charge is 0.330 e. The molecule has 0 spiro atoms. The third-order valence-electron chi connectivity index (χ3n) is 3.69. The van der Waals surface area contributed by atoms with Gasteiger partial charge in [0.05, 0.1) is 28.4 Å². The van der Waals surface area contributed by atoms with Crippen molar-refractivity contribution in [3.05, 3.63) is 58.7 Å². The number of rotatable bonds is 8. The number of hydrogen-bond donors (Lipinski definition) is 0. The molecule has 30 heavy (non-hydrogen) atoms. The summed E-state index contributed by atoms with van der Waals surface area (Å²) in [7, 11) is 4.98. The van der Waals surface area contributed by atoms with E-state index >= 15 is 0 Å². The van der Waals surface area contributed by atoms with Crippen LogP contribution >= 0.6 is 0 Å². The Morgan fingerprint density at radius 3 is 0.867 bits per heavy atom. The molecule has 158 valence electrons. The van der Waals surface area contributed by atoms with Crippen LogP contribution in [0.1, 0.15) is 22.3 Å². The fraction of sp³-hybridized carbons (Fsp3) is 0.182. The predicted octanol–water partition coefficient (Wildman–Crippen LogP) is 2.43. The lowest BCUT2D eigenvalue weighted by Crippen LogP contribution is -1.98. The van der Waals surface area contributed by atoms with E-state index in [2.05, 4.69) is 18.9 Å². The van der Waals surface area contributed by atoms with Crippen molar-refractivity contribution in [2.45, 2.75) is 0 Å². The first-order chi connectivity index (χ1) is 14.3. The fourth-order valence-electron chi connectivity index (χ4n) is 2.15. The standard InChI is InChI=1S/C22H22O8/c1-27-19(23)9-5-15-13-17(7-11-21(25)29-3)18(8-12-22(26)30-4)14-16(15)6-10-20(24)28-2/h5-14H,1-4H3/b9-5+,10-6+,11-7+,12-8+. The second-order valence-electron chi connectivity index (χ2n) is 5.54. The van der Waals surface area contributed by atoms with Gasteiger partial charge < -0.3 is 18.9 Å². The van der Waals surface area contributed by atoms with Crippen LogP contribution in [0.25, 0.3) is 24.3 Å². The molecule has 0 N–H and O–H groups in total. The summed E-state index contributed by atoms with van der Waals surface area (Å²) in [6.45, 7) is 0. The third-order valence-corrected chi connectivity index (χ3v) is 3.69. The number of benzene rings is 1. The van der Waals surface area contributed by atoms with E-state index < -0.39 is 23.9 Å². The Morgan fingerprint density at radius 1 is 0.500 bits per heavy atom. The summed E-state index contributed by atoms with van der Waals surface area (Å²) in [6.07, 6.45) is 10.8. The third kappa shape index (κ3) is 7.97. The Kier molecular flexibility index (Phi) is 10.0. The molecule has 1 aromatic rings. The Labute approximate surface area is 174 Å². The quantitative estimate of drug-likeness (QED) is 0.363. The summed E-state index contributed by atoms with van der Waals surface area (Å²) in [5.41, 5.74) is 2.17. The molecule has 0 aliphatic heterocycles. The molecule has 0 saturated carbocycles. The number of carbonyl (C=O) groups excluding carboxylic acids is 4. The maximum atomic E-state index is 11.5. The molecule has 0 aliphatic rings. The molecule has 0 aromatic heterocycles. The minimum Gasteiger partial charge on any atom is -0.466 e. The van der Waals surface area contributed by atoms with Crippen LogP contribution < -0.4 is 0 Å². The van der Waals surface area contributed by atoms with Gasteiger partial charge in [-0.15, -0.1) is 0 Å². The normalized spacial score (nSPS) is 11.3. The van der Waals surface area contributed by atoms with Gasteiger partial charge in [-0.25, -0.2) is 19.2 Å². The van der Waals surface area contributed by atoms with Gasteiger partial charge in [-0.2, -0.15) is 0 Å². The van der Waals surface area contributed by atoms with Crippen molar-refractivity contribution in [3.8, 4) is 0 Å². The van der Waals surface area contributed by atoms with E-state index in [0.717, 1.165) is 0 Å². The van der Waals surface area contributed by atoms with Crippen LogP contribution in [0.3, 0.4) is 0 Å². The average Bonchev–Trinajstić information content (AvgIpc) is 2.77. The maximum absolute atomic E-state index is 11.5. The highest BCUT2D eigenvalue weighted by molar-refractivity contribution is 5.93. The molecule has 0 amide bonds. The topological polar surface area (TPSA) is 105 Å². The number of esters is 4. The first-order valence-corrected chi connectivity index (χ1v) is 8.56. The molecular weight excluding hydrogens is 392 g/mol. The van der Waals surface area contributed by atoms with Crippen molar-refractivity contribution in [2.75, 3.05) is 28.4 Å². The van der Waals surface area contributed by atoms with Gasteiger partial charge in [0.2, 0.25) is 0 Å². The van der Waals surface area contributed by atoms with Crippen LogP contribution in [0, 0.1) is 0 Å². The summed E-state index contributed by atoms with van der Waals surface area (Å²) in [5, 5.41) is 0. The lowest BCUT2D eigenvalue weighted by molar-refractivity contribution is -0.135. The largest absolute Gasteiger partial charge is 0.466 e. The van der Waals surface area contributed by atoms with Gasteiger partial charge in [0.25, 0.3) is 0 Å². The van der Waals surface area contributed by atoms with E-state index in [9.17, 15) is 19.2 Å². The Balaban J connectivity index is 3.62. The van der Waals surface area contributed by atoms with E-state index in [0.29, 0.717) is 22.3 Å². The van der Waals surface area contributed by atoms with Crippen LogP contribution in [0.4, 0.5) is 0 Å². The monoisotopic (exact) mass is 414 g/mol. The molecule has 0 saturated heterocycles. The van der Waals surface area contributed by atoms with Gasteiger partial charge in [-0.05, 0) is 58.7 Å². The summed E-state index contributed by atoms with van der Waals surface area (Å²) in [6, 6.07) is 3.32. The van der Waals surface area contributed by atoms with Crippen molar-refractivity contribution < 1.29 is 38.1 Å². The first kappa shape index (κ1) is 24.1. The maximum Gasteiger partial charge on any atom is 0.330 e. The van der Waals surface area contributed by atoms with E-state index in [1.54, 1.807) is 12.1 Å². The molecule has 0 fully saturated rings. The summed E-state index contributed by atoms with van der Waals surface area (Å²) in [4.78, 5) is 45.9. The molecule has 8 nitrogen and oxygen atoms in total. The van der Waals surface area contributed by atoms with Crippen LogP contribution in [0.2, 0.25) is 0 Å². The summed E-state index contributed by atoms with van der Waals surface area (Å²) < 4.78 is 18.4. The van der Waals surface area contributed by atoms with Crippen LogP contribution in [-0.4, -0.2) is 52.3 Å². The molecule has 0 aliphatic carbocycles. The van der Waals surface area contributed by atoms with Gasteiger partial charge in [0.1, 0.15) is 0 Å². The highest BCUT2D eigenvalue weighted by Crippen LogP contribution is 2.23. The Hall–Kier alpha value is -3.94. The molecule has 1 rings (SSSR count). The van der Waals surface area contributed by atoms with Gasteiger partial charge in [-0.1, -0.05) is 0 Å². The lowest BCUT2D eigenvalue weighted by Gasteiger charge is -2.09. The lowest BCUT2D eigenvalue weighted by atomic mass is 9.96. The predicted molar refractivity (Wildman–Crippen MR) is 111 cm³/mol. The van der Waals surface area contributed by atoms with Crippen molar-refractivity contribution >= 4 is 48.2 Å². The van der Waals surface area contributed by atoms with Crippen molar-refractivity contribution in [3.63, 3.8) is 0 Å². The van der Waals surface area contributed by atoms with Gasteiger partial charge in [-0.3, -0.25) is 0 Å². The van der Waals surface area contributed by atoms with Crippen LogP contribution in [0.15, 0.2) is 36.4 Å². The highest BCUT2D eigenvalue weighted by Gasteiger charge is 2.07. The van der Waals surface area contributed by atoms with E-state index in [4.69, 9.17) is 0 Å². The van der Waals surface area contributed by atoms with E-state index in [1.165, 1.54) is 77.0 Å².